The zero-order valence-electron chi connectivity index (χ0n) is 19.1. The van der Waals surface area contributed by atoms with Gasteiger partial charge < -0.3 is 21.3 Å². The molecule has 2 fully saturated rings. The Morgan fingerprint density at radius 1 is 1.09 bits per heavy atom. The highest BCUT2D eigenvalue weighted by Crippen LogP contribution is 2.36. The average Bonchev–Trinajstić information content (AvgIpc) is 2.75. The summed E-state index contributed by atoms with van der Waals surface area (Å²) in [5.74, 6) is 0.535. The SMILES string of the molecule is CC1CCN(c2cc(NCCC(N)=O)c([N+](=O)[O-])cc2C(=O)N[C@H]2CC[C@H](C)CC2)CC1. The number of nitro groups is 1. The van der Waals surface area contributed by atoms with Gasteiger partial charge in [-0.2, -0.15) is 0 Å². The van der Waals surface area contributed by atoms with E-state index in [0.717, 1.165) is 51.6 Å². The molecular formula is C23H35N5O4. The van der Waals surface area contributed by atoms with Crippen LogP contribution in [0.1, 0.15) is 69.2 Å². The highest BCUT2D eigenvalue weighted by atomic mass is 16.6. The minimum Gasteiger partial charge on any atom is -0.379 e. The zero-order chi connectivity index (χ0) is 23.3. The van der Waals surface area contributed by atoms with Crippen LogP contribution >= 0.6 is 0 Å². The van der Waals surface area contributed by atoms with Gasteiger partial charge in [-0.05, 0) is 56.4 Å². The van der Waals surface area contributed by atoms with Crippen LogP contribution in [-0.4, -0.2) is 42.4 Å². The van der Waals surface area contributed by atoms with Crippen molar-refractivity contribution < 1.29 is 14.5 Å². The summed E-state index contributed by atoms with van der Waals surface area (Å²) >= 11 is 0. The standard InChI is InChI=1S/C23H35N5O4/c1-15-3-5-17(6-4-15)26-23(30)18-13-21(28(31)32)19(25-10-7-22(24)29)14-20(18)27-11-8-16(2)9-12-27/h13-17,25H,3-12H2,1-2H3,(H2,24,29)(H,26,30)/t15-,17-. The van der Waals surface area contributed by atoms with E-state index in [1.165, 1.54) is 6.07 Å². The highest BCUT2D eigenvalue weighted by molar-refractivity contribution is 6.02. The summed E-state index contributed by atoms with van der Waals surface area (Å²) in [7, 11) is 0. The number of carbonyl (C=O) groups is 2. The Kier molecular flexibility index (Phi) is 7.93. The van der Waals surface area contributed by atoms with Gasteiger partial charge in [0.15, 0.2) is 0 Å². The summed E-state index contributed by atoms with van der Waals surface area (Å²) in [6.07, 6.45) is 6.08. The normalized spacial score (nSPS) is 21.8. The lowest BCUT2D eigenvalue weighted by molar-refractivity contribution is -0.384. The third kappa shape index (κ3) is 6.11. The average molecular weight is 446 g/mol. The number of anilines is 2. The third-order valence-corrected chi connectivity index (χ3v) is 6.72. The maximum absolute atomic E-state index is 13.3. The van der Waals surface area contributed by atoms with Gasteiger partial charge in [0.2, 0.25) is 5.91 Å². The number of hydrogen-bond donors (Lipinski definition) is 3. The summed E-state index contributed by atoms with van der Waals surface area (Å²) in [4.78, 5) is 37.8. The molecule has 0 spiro atoms. The largest absolute Gasteiger partial charge is 0.379 e. The van der Waals surface area contributed by atoms with Crippen LogP contribution in [0.3, 0.4) is 0 Å². The number of nitro benzene ring substituents is 1. The quantitative estimate of drug-likeness (QED) is 0.415. The maximum atomic E-state index is 13.3. The smallest absolute Gasteiger partial charge is 0.293 e. The predicted molar refractivity (Wildman–Crippen MR) is 125 cm³/mol. The second-order valence-electron chi connectivity index (χ2n) is 9.39. The fourth-order valence-electron chi connectivity index (χ4n) is 4.55. The van der Waals surface area contributed by atoms with Gasteiger partial charge in [0, 0.05) is 38.2 Å². The maximum Gasteiger partial charge on any atom is 0.293 e. The fourth-order valence-corrected chi connectivity index (χ4v) is 4.55. The molecule has 1 aliphatic carbocycles. The van der Waals surface area contributed by atoms with Crippen LogP contribution in [0.4, 0.5) is 17.1 Å². The van der Waals surface area contributed by atoms with Crippen LogP contribution in [0.2, 0.25) is 0 Å². The lowest BCUT2D eigenvalue weighted by Gasteiger charge is -2.34. The molecule has 1 aliphatic heterocycles. The van der Waals surface area contributed by atoms with Crippen LogP contribution in [-0.2, 0) is 4.79 Å². The van der Waals surface area contributed by atoms with E-state index in [9.17, 15) is 19.7 Å². The molecular weight excluding hydrogens is 410 g/mol. The number of carbonyl (C=O) groups excluding carboxylic acids is 2. The third-order valence-electron chi connectivity index (χ3n) is 6.72. The van der Waals surface area contributed by atoms with E-state index in [2.05, 4.69) is 29.4 Å². The molecule has 0 atom stereocenters. The van der Waals surface area contributed by atoms with Gasteiger partial charge in [0.1, 0.15) is 5.69 Å². The van der Waals surface area contributed by atoms with Crippen LogP contribution < -0.4 is 21.3 Å². The van der Waals surface area contributed by atoms with E-state index < -0.39 is 10.8 Å². The van der Waals surface area contributed by atoms with E-state index in [1.807, 2.05) is 0 Å². The molecule has 0 unspecified atom stereocenters. The van der Waals surface area contributed by atoms with Crippen LogP contribution in [0.15, 0.2) is 12.1 Å². The summed E-state index contributed by atoms with van der Waals surface area (Å²) in [5.41, 5.74) is 6.36. The van der Waals surface area contributed by atoms with Gasteiger partial charge >= 0.3 is 0 Å². The molecule has 3 rings (SSSR count). The summed E-state index contributed by atoms with van der Waals surface area (Å²) < 4.78 is 0. The number of amides is 2. The number of rotatable bonds is 8. The summed E-state index contributed by atoms with van der Waals surface area (Å²) in [6, 6.07) is 3.16. The molecule has 2 amide bonds. The molecule has 32 heavy (non-hydrogen) atoms. The lowest BCUT2D eigenvalue weighted by atomic mass is 9.87. The van der Waals surface area contributed by atoms with Crippen molar-refractivity contribution in [3.05, 3.63) is 27.8 Å². The van der Waals surface area contributed by atoms with Crippen molar-refractivity contribution >= 4 is 28.9 Å². The Morgan fingerprint density at radius 3 is 2.31 bits per heavy atom. The highest BCUT2D eigenvalue weighted by Gasteiger charge is 2.28. The molecule has 0 bridgehead atoms. The number of nitrogens with zero attached hydrogens (tertiary/aromatic N) is 2. The first-order chi connectivity index (χ1) is 15.2. The van der Waals surface area contributed by atoms with Crippen molar-refractivity contribution in [1.82, 2.24) is 5.32 Å². The number of hydrogen-bond acceptors (Lipinski definition) is 6. The van der Waals surface area contributed by atoms with E-state index in [0.29, 0.717) is 28.8 Å². The Balaban J connectivity index is 1.91. The van der Waals surface area contributed by atoms with Gasteiger partial charge in [0.05, 0.1) is 16.2 Å². The molecule has 1 aromatic rings. The minimum absolute atomic E-state index is 0.0655. The number of primary amides is 1. The van der Waals surface area contributed by atoms with E-state index in [1.54, 1.807) is 6.07 Å². The van der Waals surface area contributed by atoms with Crippen molar-refractivity contribution in [2.24, 2.45) is 17.6 Å². The van der Waals surface area contributed by atoms with Crippen molar-refractivity contribution in [1.29, 1.82) is 0 Å². The molecule has 1 saturated heterocycles. The molecule has 1 aromatic carbocycles. The van der Waals surface area contributed by atoms with Crippen LogP contribution in [0.25, 0.3) is 0 Å². The van der Waals surface area contributed by atoms with Gasteiger partial charge in [0.25, 0.3) is 11.6 Å². The van der Waals surface area contributed by atoms with Gasteiger partial charge in [-0.15, -0.1) is 0 Å². The van der Waals surface area contributed by atoms with Crippen molar-refractivity contribution in [3.8, 4) is 0 Å². The molecule has 2 aliphatic rings. The summed E-state index contributed by atoms with van der Waals surface area (Å²) in [5, 5.41) is 17.9. The molecule has 0 aromatic heterocycles. The fraction of sp³-hybridized carbons (Fsp3) is 0.652. The number of nitrogens with one attached hydrogen (secondary N) is 2. The molecule has 9 heteroatoms. The van der Waals surface area contributed by atoms with Gasteiger partial charge in [-0.3, -0.25) is 19.7 Å². The molecule has 1 heterocycles. The van der Waals surface area contributed by atoms with E-state index in [4.69, 9.17) is 5.73 Å². The van der Waals surface area contributed by atoms with Crippen LogP contribution in [0.5, 0.6) is 0 Å². The number of nitrogens with two attached hydrogens (primary N) is 1. The van der Waals surface area contributed by atoms with Gasteiger partial charge in [-0.25, -0.2) is 0 Å². The van der Waals surface area contributed by atoms with Crippen LogP contribution in [0, 0.1) is 22.0 Å². The van der Waals surface area contributed by atoms with E-state index in [-0.39, 0.29) is 30.6 Å². The molecule has 0 radical (unpaired) electrons. The number of benzene rings is 1. The summed E-state index contributed by atoms with van der Waals surface area (Å²) in [6.45, 7) is 6.21. The Morgan fingerprint density at radius 2 is 1.72 bits per heavy atom. The minimum atomic E-state index is -0.492. The predicted octanol–water partition coefficient (Wildman–Crippen LogP) is 3.43. The Bertz CT molecular complexity index is 843. The Labute approximate surface area is 189 Å². The first-order valence-corrected chi connectivity index (χ1v) is 11.6. The first-order valence-electron chi connectivity index (χ1n) is 11.6. The Hall–Kier alpha value is -2.84. The molecule has 176 valence electrons. The van der Waals surface area contributed by atoms with Gasteiger partial charge in [-0.1, -0.05) is 13.8 Å². The molecule has 4 N–H and O–H groups in total. The monoisotopic (exact) mass is 445 g/mol. The first kappa shape index (κ1) is 23.8. The van der Waals surface area contributed by atoms with Crippen molar-refractivity contribution in [2.75, 3.05) is 29.9 Å². The van der Waals surface area contributed by atoms with Crippen molar-refractivity contribution in [3.63, 3.8) is 0 Å². The lowest BCUT2D eigenvalue weighted by Crippen LogP contribution is -2.39. The molecule has 1 saturated carbocycles. The van der Waals surface area contributed by atoms with Crippen molar-refractivity contribution in [2.45, 2.75) is 64.8 Å². The number of piperidine rings is 1. The topological polar surface area (TPSA) is 131 Å². The van der Waals surface area contributed by atoms with E-state index >= 15 is 0 Å². The molecule has 9 nitrogen and oxygen atoms in total. The second kappa shape index (κ2) is 10.7. The second-order valence-corrected chi connectivity index (χ2v) is 9.39. The zero-order valence-corrected chi connectivity index (χ0v) is 19.1.